The van der Waals surface area contributed by atoms with E-state index < -0.39 is 0 Å². The first-order valence-electron chi connectivity index (χ1n) is 6.26. The zero-order valence-electron chi connectivity index (χ0n) is 11.1. The Bertz CT molecular complexity index is 537. The molecule has 1 N–H and O–H groups in total. The molecule has 2 aromatic rings. The van der Waals surface area contributed by atoms with Gasteiger partial charge in [-0.2, -0.15) is 0 Å². The van der Waals surface area contributed by atoms with Crippen LogP contribution in [0.25, 0.3) is 11.3 Å². The molecule has 0 radical (unpaired) electrons. The van der Waals surface area contributed by atoms with E-state index in [1.54, 1.807) is 0 Å². The predicted molar refractivity (Wildman–Crippen MR) is 73.5 cm³/mol. The smallest absolute Gasteiger partial charge is 0.131 e. The van der Waals surface area contributed by atoms with Crippen LogP contribution in [-0.4, -0.2) is 21.5 Å². The highest BCUT2D eigenvalue weighted by atomic mass is 15.0. The van der Waals surface area contributed by atoms with Crippen molar-refractivity contribution in [3.05, 3.63) is 35.9 Å². The fourth-order valence-corrected chi connectivity index (χ4v) is 1.77. The molecule has 0 fully saturated rings. The summed E-state index contributed by atoms with van der Waals surface area (Å²) < 4.78 is 0. The van der Waals surface area contributed by atoms with Crippen LogP contribution in [0.1, 0.15) is 25.2 Å². The van der Waals surface area contributed by atoms with Gasteiger partial charge < -0.3 is 5.32 Å². The van der Waals surface area contributed by atoms with Gasteiger partial charge in [-0.15, -0.1) is 0 Å². The van der Waals surface area contributed by atoms with Gasteiger partial charge in [-0.1, -0.05) is 6.92 Å². The predicted octanol–water partition coefficient (Wildman–Crippen LogP) is 2.84. The molecule has 0 amide bonds. The van der Waals surface area contributed by atoms with Crippen LogP contribution >= 0.6 is 0 Å². The Balaban J connectivity index is 2.46. The van der Waals surface area contributed by atoms with Crippen molar-refractivity contribution in [3.8, 4) is 11.3 Å². The summed E-state index contributed by atoms with van der Waals surface area (Å²) in [4.78, 5) is 13.2. The number of pyridine rings is 1. The van der Waals surface area contributed by atoms with Gasteiger partial charge in [-0.05, 0) is 25.5 Å². The molecule has 0 aliphatic carbocycles. The first-order valence-corrected chi connectivity index (χ1v) is 6.26. The molecule has 0 saturated heterocycles. The molecule has 0 spiro atoms. The molecule has 4 nitrogen and oxygen atoms in total. The standard InChI is InChI=1S/C14H18N4/c1-4-13-17-12(7-14(18-13)16-5-2)11-6-10(3)8-15-9-11/h6-9H,4-5H2,1-3H3,(H,16,17,18). The van der Waals surface area contributed by atoms with Gasteiger partial charge in [-0.3, -0.25) is 4.98 Å². The number of aryl methyl sites for hydroxylation is 2. The summed E-state index contributed by atoms with van der Waals surface area (Å²) in [5.41, 5.74) is 3.09. The minimum Gasteiger partial charge on any atom is -0.370 e. The van der Waals surface area contributed by atoms with Crippen molar-refractivity contribution in [1.29, 1.82) is 0 Å². The van der Waals surface area contributed by atoms with E-state index in [-0.39, 0.29) is 0 Å². The molecule has 0 bridgehead atoms. The van der Waals surface area contributed by atoms with Crippen LogP contribution < -0.4 is 5.32 Å². The molecule has 2 rings (SSSR count). The minimum atomic E-state index is 0.825. The summed E-state index contributed by atoms with van der Waals surface area (Å²) in [5.74, 6) is 1.73. The Hall–Kier alpha value is -1.97. The SMILES string of the molecule is CCNc1cc(-c2cncc(C)c2)nc(CC)n1. The van der Waals surface area contributed by atoms with E-state index in [2.05, 4.69) is 40.2 Å². The van der Waals surface area contributed by atoms with Crippen molar-refractivity contribution in [2.24, 2.45) is 0 Å². The summed E-state index contributed by atoms with van der Waals surface area (Å²) in [7, 11) is 0. The largest absolute Gasteiger partial charge is 0.370 e. The van der Waals surface area contributed by atoms with Crippen LogP contribution in [0.3, 0.4) is 0 Å². The Morgan fingerprint density at radius 3 is 2.61 bits per heavy atom. The van der Waals surface area contributed by atoms with Crippen molar-refractivity contribution in [3.63, 3.8) is 0 Å². The molecule has 2 aromatic heterocycles. The summed E-state index contributed by atoms with van der Waals surface area (Å²) in [5, 5.41) is 3.24. The molecule has 94 valence electrons. The Morgan fingerprint density at radius 1 is 1.11 bits per heavy atom. The van der Waals surface area contributed by atoms with Crippen LogP contribution in [0, 0.1) is 6.92 Å². The van der Waals surface area contributed by atoms with Gasteiger partial charge in [0.2, 0.25) is 0 Å². The molecular weight excluding hydrogens is 224 g/mol. The third-order valence-corrected chi connectivity index (χ3v) is 2.62. The highest BCUT2D eigenvalue weighted by molar-refractivity contribution is 5.62. The second-order valence-corrected chi connectivity index (χ2v) is 4.19. The van der Waals surface area contributed by atoms with E-state index in [1.807, 2.05) is 25.4 Å². The van der Waals surface area contributed by atoms with Gasteiger partial charge in [-0.25, -0.2) is 9.97 Å². The van der Waals surface area contributed by atoms with Crippen molar-refractivity contribution >= 4 is 5.82 Å². The maximum atomic E-state index is 4.55. The van der Waals surface area contributed by atoms with E-state index >= 15 is 0 Å². The minimum absolute atomic E-state index is 0.825. The topological polar surface area (TPSA) is 50.7 Å². The van der Waals surface area contributed by atoms with Crippen LogP contribution in [0.5, 0.6) is 0 Å². The fourth-order valence-electron chi connectivity index (χ4n) is 1.77. The second kappa shape index (κ2) is 5.58. The molecular formula is C14H18N4. The van der Waals surface area contributed by atoms with Crippen molar-refractivity contribution in [2.75, 3.05) is 11.9 Å². The average molecular weight is 242 g/mol. The quantitative estimate of drug-likeness (QED) is 0.895. The molecule has 0 aliphatic heterocycles. The first kappa shape index (κ1) is 12.5. The van der Waals surface area contributed by atoms with E-state index in [0.29, 0.717) is 0 Å². The third kappa shape index (κ3) is 2.83. The molecule has 0 aromatic carbocycles. The zero-order chi connectivity index (χ0) is 13.0. The molecule has 0 atom stereocenters. The van der Waals surface area contributed by atoms with Gasteiger partial charge in [0.1, 0.15) is 11.6 Å². The summed E-state index contributed by atoms with van der Waals surface area (Å²) in [6, 6.07) is 4.06. The summed E-state index contributed by atoms with van der Waals surface area (Å²) >= 11 is 0. The van der Waals surface area contributed by atoms with Crippen molar-refractivity contribution in [1.82, 2.24) is 15.0 Å². The van der Waals surface area contributed by atoms with Gasteiger partial charge in [0.25, 0.3) is 0 Å². The molecule has 4 heteroatoms. The lowest BCUT2D eigenvalue weighted by Gasteiger charge is -2.08. The average Bonchev–Trinajstić information content (AvgIpc) is 2.39. The van der Waals surface area contributed by atoms with E-state index in [9.17, 15) is 0 Å². The van der Waals surface area contributed by atoms with E-state index in [1.165, 1.54) is 0 Å². The fraction of sp³-hybridized carbons (Fsp3) is 0.357. The van der Waals surface area contributed by atoms with Crippen LogP contribution in [0.4, 0.5) is 5.82 Å². The Labute approximate surface area is 108 Å². The van der Waals surface area contributed by atoms with Crippen molar-refractivity contribution in [2.45, 2.75) is 27.2 Å². The normalized spacial score (nSPS) is 10.4. The number of aromatic nitrogens is 3. The second-order valence-electron chi connectivity index (χ2n) is 4.19. The lowest BCUT2D eigenvalue weighted by molar-refractivity contribution is 0.939. The number of rotatable bonds is 4. The Kier molecular flexibility index (Phi) is 3.87. The number of nitrogens with one attached hydrogen (secondary N) is 1. The monoisotopic (exact) mass is 242 g/mol. The van der Waals surface area contributed by atoms with Gasteiger partial charge in [0.15, 0.2) is 0 Å². The maximum absolute atomic E-state index is 4.55. The van der Waals surface area contributed by atoms with E-state index in [0.717, 1.165) is 41.4 Å². The molecule has 2 heterocycles. The summed E-state index contributed by atoms with van der Waals surface area (Å²) in [6.45, 7) is 7.00. The van der Waals surface area contributed by atoms with Gasteiger partial charge >= 0.3 is 0 Å². The molecule has 0 aliphatic rings. The Morgan fingerprint density at radius 2 is 1.94 bits per heavy atom. The molecule has 0 unspecified atom stereocenters. The maximum Gasteiger partial charge on any atom is 0.131 e. The number of hydrogen-bond donors (Lipinski definition) is 1. The van der Waals surface area contributed by atoms with Crippen LogP contribution in [0.2, 0.25) is 0 Å². The molecule has 0 saturated carbocycles. The van der Waals surface area contributed by atoms with Gasteiger partial charge in [0, 0.05) is 37.0 Å². The highest BCUT2D eigenvalue weighted by Crippen LogP contribution is 2.20. The third-order valence-electron chi connectivity index (χ3n) is 2.62. The van der Waals surface area contributed by atoms with Crippen LogP contribution in [-0.2, 0) is 6.42 Å². The zero-order valence-corrected chi connectivity index (χ0v) is 11.1. The first-order chi connectivity index (χ1) is 8.72. The van der Waals surface area contributed by atoms with Crippen molar-refractivity contribution < 1.29 is 0 Å². The lowest BCUT2D eigenvalue weighted by Crippen LogP contribution is -2.04. The van der Waals surface area contributed by atoms with Gasteiger partial charge in [0.05, 0.1) is 5.69 Å². The highest BCUT2D eigenvalue weighted by Gasteiger charge is 2.06. The molecule has 18 heavy (non-hydrogen) atoms. The van der Waals surface area contributed by atoms with E-state index in [4.69, 9.17) is 0 Å². The summed E-state index contributed by atoms with van der Waals surface area (Å²) in [6.07, 6.45) is 4.51. The number of nitrogens with zero attached hydrogens (tertiary/aromatic N) is 3. The van der Waals surface area contributed by atoms with Crippen LogP contribution in [0.15, 0.2) is 24.5 Å². The number of hydrogen-bond acceptors (Lipinski definition) is 4. The number of anilines is 1. The lowest BCUT2D eigenvalue weighted by atomic mass is 10.1.